The van der Waals surface area contributed by atoms with Gasteiger partial charge in [-0.1, -0.05) is 50.3 Å². The molecule has 3 N–H and O–H groups in total. The summed E-state index contributed by atoms with van der Waals surface area (Å²) in [7, 11) is -4.27. The van der Waals surface area contributed by atoms with Gasteiger partial charge in [0.1, 0.15) is 10.1 Å². The van der Waals surface area contributed by atoms with E-state index in [-0.39, 0.29) is 4.90 Å². The molecule has 1 aromatic rings. The van der Waals surface area contributed by atoms with Crippen LogP contribution in [0.3, 0.4) is 0 Å². The van der Waals surface area contributed by atoms with Gasteiger partial charge in [0.2, 0.25) is 0 Å². The van der Waals surface area contributed by atoms with Crippen molar-refractivity contribution in [3.8, 4) is 0 Å². The molecule has 0 aromatic heterocycles. The molecule has 0 bridgehead atoms. The quantitative estimate of drug-likeness (QED) is 0.620. The van der Waals surface area contributed by atoms with Gasteiger partial charge in [0.25, 0.3) is 0 Å². The third-order valence-electron chi connectivity index (χ3n) is 2.91. The van der Waals surface area contributed by atoms with Crippen molar-refractivity contribution >= 4 is 10.1 Å². The molecule has 0 aliphatic carbocycles. The maximum Gasteiger partial charge on any atom is 0.124 e. The summed E-state index contributed by atoms with van der Waals surface area (Å²) < 4.78 is 31.2. The van der Waals surface area contributed by atoms with E-state index in [9.17, 15) is 13.0 Å². The van der Waals surface area contributed by atoms with Crippen molar-refractivity contribution in [2.24, 2.45) is 0 Å². The molecule has 0 aliphatic rings. The van der Waals surface area contributed by atoms with Crippen molar-refractivity contribution in [1.29, 1.82) is 0 Å². The van der Waals surface area contributed by atoms with Crippen molar-refractivity contribution in [2.45, 2.75) is 57.3 Å². The first kappa shape index (κ1) is 19.1. The van der Waals surface area contributed by atoms with Crippen LogP contribution >= 0.6 is 0 Å². The molecule has 4 nitrogen and oxygen atoms in total. The minimum absolute atomic E-state index is 0.178. The smallest absolute Gasteiger partial charge is 0.124 e. The summed E-state index contributed by atoms with van der Waals surface area (Å²) in [6, 6.07) is 5.78. The van der Waals surface area contributed by atoms with E-state index in [4.69, 9.17) is 0 Å². The second-order valence-corrected chi connectivity index (χ2v) is 6.27. The van der Waals surface area contributed by atoms with E-state index in [0.717, 1.165) is 12.1 Å². The van der Waals surface area contributed by atoms with Crippen molar-refractivity contribution in [2.75, 3.05) is 6.54 Å². The number of unbranched alkanes of at least 4 members (excludes halogenated alkanes) is 5. The lowest BCUT2D eigenvalue weighted by Gasteiger charge is -2.05. The van der Waals surface area contributed by atoms with Gasteiger partial charge in [0.05, 0.1) is 11.4 Å². The Kier molecular flexibility index (Phi) is 10.3. The number of hydrogen-bond donors (Lipinski definition) is 1. The number of aryl methyl sites for hydroxylation is 1. The molecular formula is C15H27NO3S. The molecule has 0 heterocycles. The first-order chi connectivity index (χ1) is 9.41. The summed E-state index contributed by atoms with van der Waals surface area (Å²) >= 11 is 0. The molecule has 20 heavy (non-hydrogen) atoms. The van der Waals surface area contributed by atoms with E-state index in [1.165, 1.54) is 50.7 Å². The molecular weight excluding hydrogens is 274 g/mol. The number of benzene rings is 1. The highest BCUT2D eigenvalue weighted by Gasteiger charge is 1.97. The molecule has 1 aromatic carbocycles. The zero-order valence-corrected chi connectivity index (χ0v) is 13.4. The monoisotopic (exact) mass is 301 g/mol. The summed E-state index contributed by atoms with van der Waals surface area (Å²) in [6.45, 7) is 5.19. The Morgan fingerprint density at radius 3 is 1.95 bits per heavy atom. The lowest BCUT2D eigenvalue weighted by Crippen LogP contribution is -2.50. The molecule has 1 rings (SSSR count). The lowest BCUT2D eigenvalue weighted by atomic mass is 10.1. The van der Waals surface area contributed by atoms with Crippen LogP contribution in [0.15, 0.2) is 29.2 Å². The number of hydrogen-bond acceptors (Lipinski definition) is 3. The summed E-state index contributed by atoms with van der Waals surface area (Å²) in [5.41, 5.74) is 4.73. The molecule has 0 atom stereocenters. The van der Waals surface area contributed by atoms with Gasteiger partial charge >= 0.3 is 0 Å². The van der Waals surface area contributed by atoms with Crippen LogP contribution in [0.4, 0.5) is 0 Å². The molecule has 0 saturated heterocycles. The van der Waals surface area contributed by atoms with E-state index in [0.29, 0.717) is 0 Å². The standard InChI is InChI=1S/C8H19N.C7H8O3S/c1-2-3-4-5-6-7-8-9;1-6-2-4-7(5-3-6)11(8,9)10/h2-9H2,1H3;2-5H,1H3,(H,8,9,10). The van der Waals surface area contributed by atoms with E-state index < -0.39 is 10.1 Å². The third kappa shape index (κ3) is 9.95. The van der Waals surface area contributed by atoms with Crippen molar-refractivity contribution in [1.82, 2.24) is 0 Å². The Bertz CT molecular complexity index is 435. The van der Waals surface area contributed by atoms with Gasteiger partial charge in [0.15, 0.2) is 0 Å². The van der Waals surface area contributed by atoms with Crippen molar-refractivity contribution in [3.63, 3.8) is 0 Å². The van der Waals surface area contributed by atoms with E-state index in [2.05, 4.69) is 12.7 Å². The van der Waals surface area contributed by atoms with Crippen LogP contribution in [0.25, 0.3) is 0 Å². The summed E-state index contributed by atoms with van der Waals surface area (Å²) in [5, 5.41) is 0. The third-order valence-corrected chi connectivity index (χ3v) is 3.76. The van der Waals surface area contributed by atoms with E-state index >= 15 is 0 Å². The predicted molar refractivity (Wildman–Crippen MR) is 80.3 cm³/mol. The second-order valence-electron chi connectivity index (χ2n) is 4.89. The van der Waals surface area contributed by atoms with Gasteiger partial charge < -0.3 is 10.3 Å². The predicted octanol–water partition coefficient (Wildman–Crippen LogP) is 2.49. The normalized spacial score (nSPS) is 10.8. The van der Waals surface area contributed by atoms with E-state index in [1.807, 2.05) is 6.92 Å². The topological polar surface area (TPSA) is 84.8 Å². The Balaban J connectivity index is 0.000000370. The summed E-state index contributed by atoms with van der Waals surface area (Å²) in [5.74, 6) is 0. The van der Waals surface area contributed by atoms with Gasteiger partial charge in [0, 0.05) is 0 Å². The Morgan fingerprint density at radius 1 is 1.00 bits per heavy atom. The number of rotatable bonds is 7. The molecule has 0 aliphatic heterocycles. The first-order valence-electron chi connectivity index (χ1n) is 7.23. The second kappa shape index (κ2) is 10.8. The molecule has 0 amide bonds. The van der Waals surface area contributed by atoms with Gasteiger partial charge in [-0.25, -0.2) is 8.42 Å². The number of quaternary nitrogens is 1. The zero-order valence-electron chi connectivity index (χ0n) is 12.6. The molecule has 0 unspecified atom stereocenters. The minimum atomic E-state index is -4.27. The first-order valence-corrected chi connectivity index (χ1v) is 8.64. The van der Waals surface area contributed by atoms with Crippen LogP contribution in [0, 0.1) is 6.92 Å². The van der Waals surface area contributed by atoms with Crippen LogP contribution in [-0.2, 0) is 10.1 Å². The molecule has 0 saturated carbocycles. The average Bonchev–Trinajstić information content (AvgIpc) is 2.39. The Morgan fingerprint density at radius 2 is 1.50 bits per heavy atom. The molecule has 0 fully saturated rings. The van der Waals surface area contributed by atoms with Crippen LogP contribution in [0.1, 0.15) is 51.0 Å². The van der Waals surface area contributed by atoms with Gasteiger partial charge in [-0.05, 0) is 31.9 Å². The fourth-order valence-electron chi connectivity index (χ4n) is 1.66. The van der Waals surface area contributed by atoms with Gasteiger partial charge in [-0.3, -0.25) is 0 Å². The van der Waals surface area contributed by atoms with Crippen LogP contribution < -0.4 is 5.73 Å². The lowest BCUT2D eigenvalue weighted by molar-refractivity contribution is -0.368. The van der Waals surface area contributed by atoms with E-state index in [1.54, 1.807) is 12.1 Å². The average molecular weight is 301 g/mol. The van der Waals surface area contributed by atoms with Crippen LogP contribution in [-0.4, -0.2) is 19.5 Å². The summed E-state index contributed by atoms with van der Waals surface area (Å²) in [4.78, 5) is -0.178. The van der Waals surface area contributed by atoms with Gasteiger partial charge in [-0.2, -0.15) is 0 Å². The van der Waals surface area contributed by atoms with Crippen molar-refractivity contribution in [3.05, 3.63) is 29.8 Å². The fraction of sp³-hybridized carbons (Fsp3) is 0.600. The zero-order chi connectivity index (χ0) is 15.4. The highest BCUT2D eigenvalue weighted by atomic mass is 32.2. The highest BCUT2D eigenvalue weighted by molar-refractivity contribution is 7.85. The Hall–Kier alpha value is -0.910. The summed E-state index contributed by atoms with van der Waals surface area (Å²) in [6.07, 6.45) is 8.33. The molecule has 0 spiro atoms. The van der Waals surface area contributed by atoms with Crippen LogP contribution in [0.5, 0.6) is 0 Å². The minimum Gasteiger partial charge on any atom is -0.744 e. The fourth-order valence-corrected chi connectivity index (χ4v) is 2.13. The maximum absolute atomic E-state index is 10.4. The Labute approximate surface area is 123 Å². The van der Waals surface area contributed by atoms with Crippen LogP contribution in [0.2, 0.25) is 0 Å². The highest BCUT2D eigenvalue weighted by Crippen LogP contribution is 2.08. The van der Waals surface area contributed by atoms with Crippen molar-refractivity contribution < 1.29 is 18.7 Å². The molecule has 0 radical (unpaired) electrons. The SMILES string of the molecule is CCCCCCCC[NH3+].Cc1ccc(S(=O)(=O)[O-])cc1. The molecule has 116 valence electrons. The molecule has 5 heteroatoms. The van der Waals surface area contributed by atoms with Gasteiger partial charge in [-0.15, -0.1) is 0 Å². The maximum atomic E-state index is 10.4. The largest absolute Gasteiger partial charge is 0.744 e.